The molecule has 0 aliphatic rings. The van der Waals surface area contributed by atoms with Gasteiger partial charge in [-0.1, -0.05) is 296 Å². The Bertz CT molecular complexity index is 1720. The van der Waals surface area contributed by atoms with E-state index in [0.717, 1.165) is 128 Å². The highest BCUT2D eigenvalue weighted by Gasteiger charge is 2.19. The van der Waals surface area contributed by atoms with Crippen LogP contribution in [0.4, 0.5) is 0 Å². The van der Waals surface area contributed by atoms with E-state index in [0.29, 0.717) is 25.7 Å². The second-order valence-corrected chi connectivity index (χ2v) is 22.0. The van der Waals surface area contributed by atoms with Gasteiger partial charge in [-0.2, -0.15) is 0 Å². The molecule has 0 aromatic carbocycles. The molecule has 0 N–H and O–H groups in total. The van der Waals surface area contributed by atoms with Gasteiger partial charge in [0.05, 0.1) is 0 Å². The smallest absolute Gasteiger partial charge is 0.306 e. The number of carbonyl (C=O) groups is 3. The molecule has 0 aliphatic carbocycles. The molecule has 1 atom stereocenters. The molecule has 0 spiro atoms. The first-order valence-corrected chi connectivity index (χ1v) is 33.7. The molecule has 0 radical (unpaired) electrons. The predicted molar refractivity (Wildman–Crippen MR) is 353 cm³/mol. The molecule has 0 heterocycles. The summed E-state index contributed by atoms with van der Waals surface area (Å²) < 4.78 is 16.9. The van der Waals surface area contributed by atoms with Crippen LogP contribution in [0.15, 0.2) is 134 Å². The summed E-state index contributed by atoms with van der Waals surface area (Å²) in [6.45, 7) is 6.49. The zero-order chi connectivity index (χ0) is 58.5. The van der Waals surface area contributed by atoms with E-state index >= 15 is 0 Å². The monoisotopic (exact) mass is 1120 g/mol. The maximum Gasteiger partial charge on any atom is 0.306 e. The minimum absolute atomic E-state index is 0.0964. The number of hydrogen-bond acceptors (Lipinski definition) is 6. The number of rotatable bonds is 60. The highest BCUT2D eigenvalue weighted by atomic mass is 16.6. The van der Waals surface area contributed by atoms with E-state index < -0.39 is 6.10 Å². The van der Waals surface area contributed by atoms with E-state index in [4.69, 9.17) is 14.2 Å². The lowest BCUT2D eigenvalue weighted by Crippen LogP contribution is -2.30. The van der Waals surface area contributed by atoms with Gasteiger partial charge in [0.2, 0.25) is 0 Å². The van der Waals surface area contributed by atoms with Crippen LogP contribution in [0.5, 0.6) is 0 Å². The van der Waals surface area contributed by atoms with Gasteiger partial charge < -0.3 is 14.2 Å². The van der Waals surface area contributed by atoms with Gasteiger partial charge in [-0.3, -0.25) is 14.4 Å². The summed E-state index contributed by atoms with van der Waals surface area (Å²) in [5, 5.41) is 0. The molecule has 0 fully saturated rings. The molecule has 0 saturated heterocycles. The van der Waals surface area contributed by atoms with Gasteiger partial charge in [-0.05, 0) is 122 Å². The van der Waals surface area contributed by atoms with E-state index in [-0.39, 0.29) is 31.1 Å². The largest absolute Gasteiger partial charge is 0.462 e. The lowest BCUT2D eigenvalue weighted by Gasteiger charge is -2.18. The van der Waals surface area contributed by atoms with Crippen molar-refractivity contribution in [2.45, 2.75) is 309 Å². The molecule has 1 unspecified atom stereocenters. The fraction of sp³-hybridized carbons (Fsp3) is 0.667. The molecular formula is C75H124O6. The average Bonchev–Trinajstić information content (AvgIpc) is 3.46. The second-order valence-electron chi connectivity index (χ2n) is 22.0. The molecular weight excluding hydrogens is 997 g/mol. The summed E-state index contributed by atoms with van der Waals surface area (Å²) in [6, 6.07) is 0. The Balaban J connectivity index is 4.38. The number of allylic oxidation sites excluding steroid dienone is 22. The molecule has 0 rings (SSSR count). The summed E-state index contributed by atoms with van der Waals surface area (Å²) in [6.07, 6.45) is 96.1. The van der Waals surface area contributed by atoms with Gasteiger partial charge in [0.15, 0.2) is 6.10 Å². The van der Waals surface area contributed by atoms with E-state index in [1.54, 1.807) is 0 Å². The summed E-state index contributed by atoms with van der Waals surface area (Å²) in [5.41, 5.74) is 0. The van der Waals surface area contributed by atoms with Crippen LogP contribution in [0.3, 0.4) is 0 Å². The summed E-state index contributed by atoms with van der Waals surface area (Å²) in [4.78, 5) is 38.3. The molecule has 0 aromatic rings. The maximum atomic E-state index is 12.9. The van der Waals surface area contributed by atoms with Crippen molar-refractivity contribution in [3.8, 4) is 0 Å². The zero-order valence-electron chi connectivity index (χ0n) is 52.8. The highest BCUT2D eigenvalue weighted by Crippen LogP contribution is 2.16. The molecule has 6 nitrogen and oxygen atoms in total. The molecule has 0 bridgehead atoms. The number of esters is 3. The molecule has 6 heteroatoms. The van der Waals surface area contributed by atoms with Crippen LogP contribution in [-0.2, 0) is 28.6 Å². The fourth-order valence-electron chi connectivity index (χ4n) is 9.11. The van der Waals surface area contributed by atoms with E-state index in [9.17, 15) is 14.4 Å². The highest BCUT2D eigenvalue weighted by molar-refractivity contribution is 5.71. The van der Waals surface area contributed by atoms with E-state index in [2.05, 4.69) is 154 Å². The third-order valence-corrected chi connectivity index (χ3v) is 14.1. The van der Waals surface area contributed by atoms with Gasteiger partial charge in [-0.15, -0.1) is 0 Å². The molecule has 0 aromatic heterocycles. The van der Waals surface area contributed by atoms with Crippen molar-refractivity contribution in [1.29, 1.82) is 0 Å². The van der Waals surface area contributed by atoms with Gasteiger partial charge in [0.1, 0.15) is 13.2 Å². The van der Waals surface area contributed by atoms with Crippen LogP contribution in [-0.4, -0.2) is 37.2 Å². The lowest BCUT2D eigenvalue weighted by molar-refractivity contribution is -0.167. The number of carbonyl (C=O) groups excluding carboxylic acids is 3. The quantitative estimate of drug-likeness (QED) is 0.0261. The summed E-state index contributed by atoms with van der Waals surface area (Å²) in [7, 11) is 0. The number of hydrogen-bond donors (Lipinski definition) is 0. The standard InChI is InChI=1S/C75H124O6/c1-4-7-10-13-16-19-22-25-27-29-30-31-32-33-34-35-36-37-38-39-40-41-42-43-44-46-47-50-53-56-59-62-65-68-74(77)80-71-72(70-79-73(76)67-64-61-58-55-52-49-24-21-18-15-12-9-6-3)81-75(78)69-66-63-60-57-54-51-48-45-28-26-23-20-17-14-11-8-5-2/h7,10,16,19,21,24-25,27,30-31,33-34,36-37,39-40,42-43,46-47,53,56,72H,4-6,8-9,11-15,17-18,20,22-23,26,28-29,32,35,38,41,44-45,48-52,54-55,57-71H2,1-3H3/b10-7-,19-16-,24-21-,27-25-,31-30-,34-33-,37-36-,40-39-,43-42-,47-46-,56-53-. The number of ether oxygens (including phenoxy) is 3. The normalized spacial score (nSPS) is 13.0. The zero-order valence-corrected chi connectivity index (χ0v) is 52.8. The first-order valence-electron chi connectivity index (χ1n) is 33.7. The Kier molecular flexibility index (Phi) is 64.3. The summed E-state index contributed by atoms with van der Waals surface area (Å²) >= 11 is 0. The SMILES string of the molecule is CC/C=C\C/C=C\C/C=C\C/C=C\C/C=C\C/C=C\C/C=C\C/C=C\C/C=C\C/C=C\CCCCC(=O)OCC(COC(=O)CCCCCCC/C=C\CCCCCC)OC(=O)CCCCCCCCCCCCCCCCCCC. The first kappa shape index (κ1) is 76.5. The molecule has 0 saturated carbocycles. The van der Waals surface area contributed by atoms with Crippen LogP contribution in [0.1, 0.15) is 303 Å². The minimum atomic E-state index is -0.802. The van der Waals surface area contributed by atoms with Crippen molar-refractivity contribution in [2.24, 2.45) is 0 Å². The Morgan fingerprint density at radius 1 is 0.259 bits per heavy atom. The van der Waals surface area contributed by atoms with Crippen LogP contribution < -0.4 is 0 Å². The maximum absolute atomic E-state index is 12.9. The minimum Gasteiger partial charge on any atom is -0.462 e. The van der Waals surface area contributed by atoms with Crippen LogP contribution >= 0.6 is 0 Å². The van der Waals surface area contributed by atoms with Crippen LogP contribution in [0.2, 0.25) is 0 Å². The third kappa shape index (κ3) is 66.2. The Labute approximate surface area is 500 Å². The first-order chi connectivity index (χ1) is 40.0. The summed E-state index contributed by atoms with van der Waals surface area (Å²) in [5.74, 6) is -0.943. The second kappa shape index (κ2) is 68.1. The van der Waals surface area contributed by atoms with Crippen molar-refractivity contribution in [2.75, 3.05) is 13.2 Å². The van der Waals surface area contributed by atoms with E-state index in [1.807, 2.05) is 0 Å². The van der Waals surface area contributed by atoms with Gasteiger partial charge in [-0.25, -0.2) is 0 Å². The van der Waals surface area contributed by atoms with Crippen molar-refractivity contribution >= 4 is 17.9 Å². The van der Waals surface area contributed by atoms with Gasteiger partial charge >= 0.3 is 17.9 Å². The lowest BCUT2D eigenvalue weighted by atomic mass is 10.0. The molecule has 0 aliphatic heterocycles. The Morgan fingerprint density at radius 2 is 0.481 bits per heavy atom. The molecule has 0 amide bonds. The Morgan fingerprint density at radius 3 is 0.802 bits per heavy atom. The van der Waals surface area contributed by atoms with Crippen molar-refractivity contribution in [1.82, 2.24) is 0 Å². The van der Waals surface area contributed by atoms with Gasteiger partial charge in [0, 0.05) is 19.3 Å². The average molecular weight is 1120 g/mol. The van der Waals surface area contributed by atoms with Gasteiger partial charge in [0.25, 0.3) is 0 Å². The van der Waals surface area contributed by atoms with Crippen molar-refractivity contribution < 1.29 is 28.6 Å². The Hall–Kier alpha value is -4.45. The van der Waals surface area contributed by atoms with Crippen LogP contribution in [0, 0.1) is 0 Å². The fourth-order valence-corrected chi connectivity index (χ4v) is 9.11. The molecule has 81 heavy (non-hydrogen) atoms. The predicted octanol–water partition coefficient (Wildman–Crippen LogP) is 23.3. The van der Waals surface area contributed by atoms with Crippen LogP contribution in [0.25, 0.3) is 0 Å². The topological polar surface area (TPSA) is 78.9 Å². The third-order valence-electron chi connectivity index (χ3n) is 14.1. The molecule has 460 valence electrons. The van der Waals surface area contributed by atoms with Crippen molar-refractivity contribution in [3.05, 3.63) is 134 Å². The van der Waals surface area contributed by atoms with E-state index in [1.165, 1.54) is 128 Å². The number of unbranched alkanes of at least 4 members (excludes halogenated alkanes) is 27. The van der Waals surface area contributed by atoms with Crippen molar-refractivity contribution in [3.63, 3.8) is 0 Å².